The van der Waals surface area contributed by atoms with E-state index < -0.39 is 0 Å². The van der Waals surface area contributed by atoms with Gasteiger partial charge in [0.25, 0.3) is 0 Å². The van der Waals surface area contributed by atoms with Gasteiger partial charge in [0.05, 0.1) is 29.4 Å². The van der Waals surface area contributed by atoms with Gasteiger partial charge in [-0.25, -0.2) is 0 Å². The van der Waals surface area contributed by atoms with Crippen molar-refractivity contribution in [3.05, 3.63) is 46.7 Å². The highest BCUT2D eigenvalue weighted by molar-refractivity contribution is 6.33. The quantitative estimate of drug-likeness (QED) is 0.700. The summed E-state index contributed by atoms with van der Waals surface area (Å²) in [5.41, 5.74) is 2.57. The second-order valence-corrected chi connectivity index (χ2v) is 6.98. The largest absolute Gasteiger partial charge is 0.347 e. The zero-order valence-electron chi connectivity index (χ0n) is 15.2. The van der Waals surface area contributed by atoms with Crippen molar-refractivity contribution in [3.8, 4) is 0 Å². The molecule has 0 bridgehead atoms. The van der Waals surface area contributed by atoms with Gasteiger partial charge in [-0.2, -0.15) is 5.10 Å². The Balaban J connectivity index is 0.00000261. The van der Waals surface area contributed by atoms with Crippen LogP contribution in [-0.4, -0.2) is 41.2 Å². The fourth-order valence-corrected chi connectivity index (χ4v) is 3.43. The highest BCUT2D eigenvalue weighted by Gasteiger charge is 2.34. The number of nitrogens with one attached hydrogen (secondary N) is 3. The Morgan fingerprint density at radius 2 is 2.15 bits per heavy atom. The molecule has 2 amide bonds. The van der Waals surface area contributed by atoms with E-state index in [1.165, 1.54) is 0 Å². The fourth-order valence-electron chi connectivity index (χ4n) is 3.15. The number of aromatic nitrogens is 2. The fraction of sp³-hybridized carbons (Fsp3) is 0.389. The molecule has 0 aliphatic carbocycles. The van der Waals surface area contributed by atoms with Gasteiger partial charge in [0.2, 0.25) is 11.8 Å². The minimum Gasteiger partial charge on any atom is -0.347 e. The van der Waals surface area contributed by atoms with Gasteiger partial charge in [-0.1, -0.05) is 17.7 Å². The molecule has 1 aliphatic heterocycles. The lowest BCUT2D eigenvalue weighted by atomic mass is 9.90. The van der Waals surface area contributed by atoms with E-state index in [9.17, 15) is 9.59 Å². The Hall–Kier alpha value is -2.09. The molecule has 2 aromatic rings. The van der Waals surface area contributed by atoms with Crippen LogP contribution in [0.1, 0.15) is 17.0 Å². The van der Waals surface area contributed by atoms with Crippen LogP contribution in [0.3, 0.4) is 0 Å². The van der Waals surface area contributed by atoms with E-state index in [0.717, 1.165) is 17.7 Å². The molecule has 0 radical (unpaired) electrons. The summed E-state index contributed by atoms with van der Waals surface area (Å²) in [4.78, 5) is 24.6. The van der Waals surface area contributed by atoms with Gasteiger partial charge in [-0.05, 0) is 30.2 Å². The van der Waals surface area contributed by atoms with Crippen LogP contribution < -0.4 is 16.0 Å². The molecule has 9 heteroatoms. The molecule has 2 heterocycles. The van der Waals surface area contributed by atoms with E-state index in [2.05, 4.69) is 21.0 Å². The van der Waals surface area contributed by atoms with Gasteiger partial charge in [0, 0.05) is 32.3 Å². The Bertz CT molecular complexity index is 824. The number of carbonyl (C=O) groups excluding carboxylic acids is 2. The normalized spacial score (nSPS) is 18.6. The summed E-state index contributed by atoms with van der Waals surface area (Å²) in [6.45, 7) is 3.12. The summed E-state index contributed by atoms with van der Waals surface area (Å²) in [5, 5.41) is 13.3. The first-order valence-corrected chi connectivity index (χ1v) is 8.85. The maximum Gasteiger partial charge on any atom is 0.243 e. The van der Waals surface area contributed by atoms with Crippen molar-refractivity contribution in [1.82, 2.24) is 20.4 Å². The topological polar surface area (TPSA) is 88.1 Å². The Kier molecular flexibility index (Phi) is 7.24. The summed E-state index contributed by atoms with van der Waals surface area (Å²) in [6.07, 6.45) is 3.70. The van der Waals surface area contributed by atoms with Crippen molar-refractivity contribution in [2.45, 2.75) is 12.8 Å². The van der Waals surface area contributed by atoms with Crippen molar-refractivity contribution in [3.63, 3.8) is 0 Å². The van der Waals surface area contributed by atoms with E-state index in [4.69, 9.17) is 11.6 Å². The molecule has 27 heavy (non-hydrogen) atoms. The average Bonchev–Trinajstić information content (AvgIpc) is 3.24. The zero-order chi connectivity index (χ0) is 18.7. The summed E-state index contributed by atoms with van der Waals surface area (Å²) in [6, 6.07) is 5.39. The van der Waals surface area contributed by atoms with Gasteiger partial charge in [-0.3, -0.25) is 14.3 Å². The highest BCUT2D eigenvalue weighted by atomic mass is 35.5. The minimum atomic E-state index is -0.312. The van der Waals surface area contributed by atoms with Gasteiger partial charge < -0.3 is 16.0 Å². The number of aryl methyl sites for hydroxylation is 2. The number of benzene rings is 1. The standard InChI is InChI=1S/C18H22ClN5O2.ClH/c1-11-3-4-16(15(19)5-11)23-17(25)9-21-18(26)14-8-20-7-13(14)12-6-22-24(2)10-12;/h3-6,10,13-14,20H,7-9H2,1-2H3,(H,21,26)(H,23,25);1H/t13-,14+;/m1./s1. The highest BCUT2D eigenvalue weighted by Crippen LogP contribution is 2.28. The van der Waals surface area contributed by atoms with Crippen LogP contribution in [0.4, 0.5) is 5.69 Å². The summed E-state index contributed by atoms with van der Waals surface area (Å²) in [5.74, 6) is -0.629. The van der Waals surface area contributed by atoms with Crippen LogP contribution in [0, 0.1) is 12.8 Å². The van der Waals surface area contributed by atoms with Gasteiger partial charge in [0.1, 0.15) is 0 Å². The third kappa shape index (κ3) is 5.22. The molecule has 1 fully saturated rings. The van der Waals surface area contributed by atoms with Crippen LogP contribution in [0.25, 0.3) is 0 Å². The number of amides is 2. The van der Waals surface area contributed by atoms with Crippen LogP contribution in [-0.2, 0) is 16.6 Å². The predicted molar refractivity (Wildman–Crippen MR) is 107 cm³/mol. The number of anilines is 1. The molecule has 1 aliphatic rings. The molecule has 0 spiro atoms. The number of hydrogen-bond acceptors (Lipinski definition) is 4. The number of nitrogens with zero attached hydrogens (tertiary/aromatic N) is 2. The molecule has 2 atom stereocenters. The number of hydrogen-bond donors (Lipinski definition) is 3. The number of carbonyl (C=O) groups is 2. The maximum atomic E-state index is 12.5. The summed E-state index contributed by atoms with van der Waals surface area (Å²) >= 11 is 6.11. The molecule has 1 aromatic carbocycles. The SMILES string of the molecule is Cc1ccc(NC(=O)CNC(=O)[C@H]2CNC[C@@H]2c2cnn(C)c2)c(Cl)c1.Cl. The minimum absolute atomic E-state index is 0. The van der Waals surface area contributed by atoms with Crippen LogP contribution in [0.2, 0.25) is 5.02 Å². The van der Waals surface area contributed by atoms with Crippen molar-refractivity contribution in [1.29, 1.82) is 0 Å². The molecular weight excluding hydrogens is 389 g/mol. The van der Waals surface area contributed by atoms with Crippen LogP contribution >= 0.6 is 24.0 Å². The smallest absolute Gasteiger partial charge is 0.243 e. The molecule has 146 valence electrons. The van der Waals surface area contributed by atoms with Crippen molar-refractivity contribution in [2.24, 2.45) is 13.0 Å². The lowest BCUT2D eigenvalue weighted by molar-refractivity contribution is -0.127. The Morgan fingerprint density at radius 1 is 1.37 bits per heavy atom. The third-order valence-electron chi connectivity index (χ3n) is 4.53. The van der Waals surface area contributed by atoms with E-state index in [1.807, 2.05) is 26.2 Å². The lowest BCUT2D eigenvalue weighted by Gasteiger charge is -2.17. The van der Waals surface area contributed by atoms with Gasteiger partial charge >= 0.3 is 0 Å². The molecule has 3 rings (SSSR count). The molecule has 0 saturated carbocycles. The maximum absolute atomic E-state index is 12.5. The lowest BCUT2D eigenvalue weighted by Crippen LogP contribution is -2.39. The van der Waals surface area contributed by atoms with E-state index in [-0.39, 0.29) is 42.6 Å². The van der Waals surface area contributed by atoms with E-state index in [0.29, 0.717) is 17.3 Å². The van der Waals surface area contributed by atoms with E-state index in [1.54, 1.807) is 23.0 Å². The number of rotatable bonds is 5. The monoisotopic (exact) mass is 411 g/mol. The first-order valence-electron chi connectivity index (χ1n) is 8.47. The van der Waals surface area contributed by atoms with E-state index >= 15 is 0 Å². The predicted octanol–water partition coefficient (Wildman–Crippen LogP) is 1.86. The second kappa shape index (κ2) is 9.21. The Labute approximate surface area is 169 Å². The molecule has 0 unspecified atom stereocenters. The molecule has 1 saturated heterocycles. The second-order valence-electron chi connectivity index (χ2n) is 6.57. The molecule has 1 aromatic heterocycles. The van der Waals surface area contributed by atoms with Gasteiger partial charge in [0.15, 0.2) is 0 Å². The van der Waals surface area contributed by atoms with Crippen LogP contribution in [0.5, 0.6) is 0 Å². The van der Waals surface area contributed by atoms with Gasteiger partial charge in [-0.15, -0.1) is 12.4 Å². The first kappa shape index (κ1) is 21.2. The molecular formula is C18H23Cl2N5O2. The molecule has 3 N–H and O–H groups in total. The third-order valence-corrected chi connectivity index (χ3v) is 4.84. The Morgan fingerprint density at radius 3 is 2.81 bits per heavy atom. The number of halogens is 2. The van der Waals surface area contributed by atoms with Crippen LogP contribution in [0.15, 0.2) is 30.6 Å². The first-order chi connectivity index (χ1) is 12.4. The summed E-state index contributed by atoms with van der Waals surface area (Å²) < 4.78 is 1.72. The average molecular weight is 412 g/mol. The zero-order valence-corrected chi connectivity index (χ0v) is 16.7. The van der Waals surface area contributed by atoms with Crippen molar-refractivity contribution < 1.29 is 9.59 Å². The molecule has 7 nitrogen and oxygen atoms in total. The summed E-state index contributed by atoms with van der Waals surface area (Å²) in [7, 11) is 1.85. The van der Waals surface area contributed by atoms with Crippen molar-refractivity contribution in [2.75, 3.05) is 25.0 Å². The van der Waals surface area contributed by atoms with Crippen molar-refractivity contribution >= 4 is 41.5 Å².